The van der Waals surface area contributed by atoms with Crippen LogP contribution in [-0.2, 0) is 0 Å². The highest BCUT2D eigenvalue weighted by Crippen LogP contribution is 2.13. The molecule has 1 aromatic heterocycles. The number of nitrogen functional groups attached to an aromatic ring is 1. The molecule has 0 fully saturated rings. The third kappa shape index (κ3) is 4.09. The van der Waals surface area contributed by atoms with Crippen LogP contribution in [-0.4, -0.2) is 19.1 Å². The molecule has 0 saturated carbocycles. The maximum atomic E-state index is 5.62. The molecule has 96 valence electrons. The number of nitrogens with zero attached hydrogens (tertiary/aromatic N) is 2. The zero-order valence-electron chi connectivity index (χ0n) is 11.5. The zero-order chi connectivity index (χ0) is 13.5. The van der Waals surface area contributed by atoms with Crippen LogP contribution in [0.25, 0.3) is 0 Å². The van der Waals surface area contributed by atoms with Gasteiger partial charge in [0.05, 0.1) is 0 Å². The van der Waals surface area contributed by atoms with Gasteiger partial charge in [-0.05, 0) is 43.2 Å². The predicted octanol–water partition coefficient (Wildman–Crippen LogP) is 3.03. The summed E-state index contributed by atoms with van der Waals surface area (Å²) in [5, 5.41) is 0. The third-order valence-electron chi connectivity index (χ3n) is 2.83. The van der Waals surface area contributed by atoms with E-state index in [1.165, 1.54) is 16.8 Å². The van der Waals surface area contributed by atoms with Gasteiger partial charge >= 0.3 is 0 Å². The van der Waals surface area contributed by atoms with Gasteiger partial charge in [-0.2, -0.15) is 0 Å². The molecule has 0 radical (unpaired) electrons. The molecule has 0 unspecified atom stereocenters. The van der Waals surface area contributed by atoms with Crippen molar-refractivity contribution in [2.24, 2.45) is 0 Å². The highest BCUT2D eigenvalue weighted by molar-refractivity contribution is 5.49. The fourth-order valence-corrected chi connectivity index (χ4v) is 1.42. The predicted molar refractivity (Wildman–Crippen MR) is 78.9 cm³/mol. The Hall–Kier alpha value is -2.03. The molecule has 0 bridgehead atoms. The molecule has 2 rings (SSSR count). The third-order valence-corrected chi connectivity index (χ3v) is 2.83. The molecule has 0 aliphatic rings. The molecule has 1 aromatic carbocycles. The number of anilines is 2. The van der Waals surface area contributed by atoms with Crippen LogP contribution in [0.5, 0.6) is 0 Å². The van der Waals surface area contributed by atoms with E-state index in [9.17, 15) is 0 Å². The average molecular weight is 243 g/mol. The van der Waals surface area contributed by atoms with Crippen LogP contribution < -0.4 is 10.6 Å². The number of pyridine rings is 1. The van der Waals surface area contributed by atoms with Crippen molar-refractivity contribution < 1.29 is 0 Å². The van der Waals surface area contributed by atoms with Gasteiger partial charge in [0.15, 0.2) is 0 Å². The van der Waals surface area contributed by atoms with E-state index >= 15 is 0 Å². The fourth-order valence-electron chi connectivity index (χ4n) is 1.42. The van der Waals surface area contributed by atoms with Gasteiger partial charge in [-0.3, -0.25) is 4.98 Å². The summed E-state index contributed by atoms with van der Waals surface area (Å²) in [5.74, 6) is 0. The highest BCUT2D eigenvalue weighted by atomic mass is 15.1. The second-order valence-electron chi connectivity index (χ2n) is 4.39. The van der Waals surface area contributed by atoms with Gasteiger partial charge in [0, 0.05) is 37.9 Å². The maximum Gasteiger partial charge on any atom is 0.0391 e. The molecule has 0 saturated heterocycles. The zero-order valence-corrected chi connectivity index (χ0v) is 11.5. The van der Waals surface area contributed by atoms with Gasteiger partial charge in [-0.1, -0.05) is 12.1 Å². The average Bonchev–Trinajstić information content (AvgIpc) is 2.38. The standard InChI is InChI=1S/C8H11N.C7H10N2/c1-6-4-3-5-8(9)7(6)2;1-9(2)7-3-5-8-6-4-7/h3-5H,9H2,1-2H3;3-6H,1-2H3. The summed E-state index contributed by atoms with van der Waals surface area (Å²) in [4.78, 5) is 5.94. The lowest BCUT2D eigenvalue weighted by Crippen LogP contribution is -2.07. The second kappa shape index (κ2) is 6.64. The summed E-state index contributed by atoms with van der Waals surface area (Å²) in [6.07, 6.45) is 3.57. The van der Waals surface area contributed by atoms with Crippen molar-refractivity contribution in [2.75, 3.05) is 24.7 Å². The van der Waals surface area contributed by atoms with Crippen molar-refractivity contribution >= 4 is 11.4 Å². The van der Waals surface area contributed by atoms with E-state index in [1.54, 1.807) is 12.4 Å². The molecule has 3 nitrogen and oxygen atoms in total. The molecule has 0 aliphatic heterocycles. The minimum atomic E-state index is 0.884. The number of hydrogen-bond acceptors (Lipinski definition) is 3. The molecule has 3 heteroatoms. The number of benzene rings is 1. The van der Waals surface area contributed by atoms with Crippen molar-refractivity contribution in [2.45, 2.75) is 13.8 Å². The largest absolute Gasteiger partial charge is 0.399 e. The number of hydrogen-bond donors (Lipinski definition) is 1. The van der Waals surface area contributed by atoms with Crippen molar-refractivity contribution in [3.05, 3.63) is 53.9 Å². The first-order valence-electron chi connectivity index (χ1n) is 5.91. The summed E-state index contributed by atoms with van der Waals surface area (Å²) in [5.41, 5.74) is 10.1. The van der Waals surface area contributed by atoms with E-state index < -0.39 is 0 Å². The van der Waals surface area contributed by atoms with Gasteiger partial charge in [0.1, 0.15) is 0 Å². The molecule has 1 heterocycles. The fraction of sp³-hybridized carbons (Fsp3) is 0.267. The van der Waals surface area contributed by atoms with Gasteiger partial charge in [-0.15, -0.1) is 0 Å². The van der Waals surface area contributed by atoms with Crippen LogP contribution in [0.2, 0.25) is 0 Å². The minimum Gasteiger partial charge on any atom is -0.399 e. The Morgan fingerprint density at radius 1 is 1.00 bits per heavy atom. The van der Waals surface area contributed by atoms with Crippen LogP contribution in [0.1, 0.15) is 11.1 Å². The van der Waals surface area contributed by atoms with E-state index in [0.717, 1.165) is 5.69 Å². The lowest BCUT2D eigenvalue weighted by molar-refractivity contribution is 1.12. The summed E-state index contributed by atoms with van der Waals surface area (Å²) < 4.78 is 0. The van der Waals surface area contributed by atoms with E-state index in [4.69, 9.17) is 5.73 Å². The van der Waals surface area contributed by atoms with Crippen LogP contribution >= 0.6 is 0 Å². The van der Waals surface area contributed by atoms with E-state index in [-0.39, 0.29) is 0 Å². The van der Waals surface area contributed by atoms with Crippen molar-refractivity contribution in [1.82, 2.24) is 4.98 Å². The Morgan fingerprint density at radius 3 is 2.00 bits per heavy atom. The Labute approximate surface area is 109 Å². The SMILES string of the molecule is CN(C)c1ccncc1.Cc1cccc(N)c1C. The van der Waals surface area contributed by atoms with Crippen LogP contribution in [0.15, 0.2) is 42.7 Å². The topological polar surface area (TPSA) is 42.2 Å². The molecule has 2 N–H and O–H groups in total. The van der Waals surface area contributed by atoms with Gasteiger partial charge in [-0.25, -0.2) is 0 Å². The molecule has 0 aliphatic carbocycles. The number of aromatic nitrogens is 1. The minimum absolute atomic E-state index is 0.884. The second-order valence-corrected chi connectivity index (χ2v) is 4.39. The molecular formula is C15H21N3. The summed E-state index contributed by atoms with van der Waals surface area (Å²) in [7, 11) is 4.02. The quantitative estimate of drug-likeness (QED) is 0.783. The molecule has 18 heavy (non-hydrogen) atoms. The van der Waals surface area contributed by atoms with Crippen LogP contribution in [0.4, 0.5) is 11.4 Å². The first-order valence-corrected chi connectivity index (χ1v) is 5.91. The summed E-state index contributed by atoms with van der Waals surface area (Å²) >= 11 is 0. The van der Waals surface area contributed by atoms with Crippen molar-refractivity contribution in [1.29, 1.82) is 0 Å². The van der Waals surface area contributed by atoms with Crippen molar-refractivity contribution in [3.63, 3.8) is 0 Å². The lowest BCUT2D eigenvalue weighted by atomic mass is 10.1. The first kappa shape index (κ1) is 14.0. The summed E-state index contributed by atoms with van der Waals surface area (Å²) in [6, 6.07) is 9.89. The molecule has 0 amide bonds. The normalized spacial score (nSPS) is 9.33. The Morgan fingerprint density at radius 2 is 1.61 bits per heavy atom. The van der Waals surface area contributed by atoms with Gasteiger partial charge < -0.3 is 10.6 Å². The molecule has 2 aromatic rings. The van der Waals surface area contributed by atoms with E-state index in [0.29, 0.717) is 0 Å². The van der Waals surface area contributed by atoms with E-state index in [1.807, 2.05) is 50.2 Å². The molecule has 0 spiro atoms. The number of aryl methyl sites for hydroxylation is 1. The molecular weight excluding hydrogens is 222 g/mol. The lowest BCUT2D eigenvalue weighted by Gasteiger charge is -2.10. The molecule has 0 atom stereocenters. The summed E-state index contributed by atoms with van der Waals surface area (Å²) in [6.45, 7) is 4.09. The van der Waals surface area contributed by atoms with Gasteiger partial charge in [0.2, 0.25) is 0 Å². The van der Waals surface area contributed by atoms with E-state index in [2.05, 4.69) is 18.0 Å². The highest BCUT2D eigenvalue weighted by Gasteiger charge is 1.92. The maximum absolute atomic E-state index is 5.62. The van der Waals surface area contributed by atoms with Crippen LogP contribution in [0.3, 0.4) is 0 Å². The Bertz CT molecular complexity index is 458. The number of nitrogens with two attached hydrogens (primary N) is 1. The van der Waals surface area contributed by atoms with Crippen LogP contribution in [0, 0.1) is 13.8 Å². The monoisotopic (exact) mass is 243 g/mol. The Balaban J connectivity index is 0.000000180. The Kier molecular flexibility index (Phi) is 5.18. The first-order chi connectivity index (χ1) is 8.52. The smallest absolute Gasteiger partial charge is 0.0391 e. The van der Waals surface area contributed by atoms with Crippen molar-refractivity contribution in [3.8, 4) is 0 Å². The number of rotatable bonds is 1. The van der Waals surface area contributed by atoms with Gasteiger partial charge in [0.25, 0.3) is 0 Å².